The fourth-order valence-electron chi connectivity index (χ4n) is 2.39. The number of hydrogen-bond donors (Lipinski definition) is 1. The molecule has 11 heteroatoms. The summed E-state index contributed by atoms with van der Waals surface area (Å²) in [6, 6.07) is 1.50. The minimum Gasteiger partial charge on any atom is -0.479 e. The molecule has 1 aliphatic rings. The number of methoxy groups -OCH3 is 1. The van der Waals surface area contributed by atoms with E-state index in [2.05, 4.69) is 25.9 Å². The van der Waals surface area contributed by atoms with Crippen LogP contribution in [0.5, 0.6) is 5.88 Å². The quantitative estimate of drug-likeness (QED) is 0.894. The molecule has 3 heterocycles. The van der Waals surface area contributed by atoms with Crippen LogP contribution in [0.2, 0.25) is 0 Å². The largest absolute Gasteiger partial charge is 0.479 e. The second-order valence-corrected chi connectivity index (χ2v) is 4.91. The van der Waals surface area contributed by atoms with Gasteiger partial charge < -0.3 is 9.26 Å². The first kappa shape index (κ1) is 14.8. The van der Waals surface area contributed by atoms with E-state index in [0.29, 0.717) is 12.2 Å². The average Bonchev–Trinajstić information content (AvgIpc) is 3.18. The van der Waals surface area contributed by atoms with Crippen LogP contribution in [0.15, 0.2) is 10.6 Å². The van der Waals surface area contributed by atoms with Gasteiger partial charge in [-0.05, 0) is 29.8 Å². The van der Waals surface area contributed by atoms with E-state index in [1.807, 2.05) is 0 Å². The Kier molecular flexibility index (Phi) is 3.51. The zero-order valence-corrected chi connectivity index (χ0v) is 11.6. The number of aromatic nitrogens is 5. The van der Waals surface area contributed by atoms with Gasteiger partial charge in [0.15, 0.2) is 11.3 Å². The third kappa shape index (κ3) is 2.40. The highest BCUT2D eigenvalue weighted by molar-refractivity contribution is 5.12. The Morgan fingerprint density at radius 2 is 2.32 bits per heavy atom. The van der Waals surface area contributed by atoms with Crippen LogP contribution in [0.1, 0.15) is 24.4 Å². The molecule has 1 atom stereocenters. The van der Waals surface area contributed by atoms with Crippen LogP contribution in [0, 0.1) is 0 Å². The van der Waals surface area contributed by atoms with E-state index in [1.165, 1.54) is 13.2 Å². The van der Waals surface area contributed by atoms with Crippen molar-refractivity contribution in [1.29, 1.82) is 0 Å². The van der Waals surface area contributed by atoms with Gasteiger partial charge in [0.05, 0.1) is 7.11 Å². The summed E-state index contributed by atoms with van der Waals surface area (Å²) in [5.74, 6) is 0.227. The summed E-state index contributed by atoms with van der Waals surface area (Å²) in [6.45, 7) is 0.269. The van der Waals surface area contributed by atoms with E-state index in [9.17, 15) is 13.2 Å². The van der Waals surface area contributed by atoms with Gasteiger partial charge in [0.2, 0.25) is 5.82 Å². The number of nitrogens with one attached hydrogen (secondary N) is 1. The first-order valence-corrected chi connectivity index (χ1v) is 6.54. The lowest BCUT2D eigenvalue weighted by Gasteiger charge is -2.28. The van der Waals surface area contributed by atoms with E-state index in [-0.39, 0.29) is 31.2 Å². The minimum atomic E-state index is -4.49. The van der Waals surface area contributed by atoms with E-state index in [4.69, 9.17) is 9.26 Å². The van der Waals surface area contributed by atoms with Gasteiger partial charge in [0, 0.05) is 6.07 Å². The average molecular weight is 318 g/mol. The van der Waals surface area contributed by atoms with Gasteiger partial charge in [-0.15, -0.1) is 10.2 Å². The summed E-state index contributed by atoms with van der Waals surface area (Å²) in [4.78, 5) is 1.03. The van der Waals surface area contributed by atoms with Crippen LogP contribution in [-0.2, 0) is 12.1 Å². The van der Waals surface area contributed by atoms with Gasteiger partial charge in [0.1, 0.15) is 6.54 Å². The van der Waals surface area contributed by atoms with Crippen LogP contribution in [0.25, 0.3) is 0 Å². The second-order valence-electron chi connectivity index (χ2n) is 4.91. The number of hydrogen-bond acceptors (Lipinski definition) is 7. The zero-order chi connectivity index (χ0) is 15.8. The van der Waals surface area contributed by atoms with Crippen molar-refractivity contribution in [2.75, 3.05) is 13.7 Å². The minimum absolute atomic E-state index is 0.0112. The zero-order valence-electron chi connectivity index (χ0n) is 11.6. The number of ether oxygens (including phenoxy) is 1. The molecular formula is C11H13F3N6O2. The maximum absolute atomic E-state index is 13.4. The Hall–Kier alpha value is -2.17. The van der Waals surface area contributed by atoms with Gasteiger partial charge in [-0.1, -0.05) is 0 Å². The van der Waals surface area contributed by atoms with Crippen molar-refractivity contribution in [1.82, 2.24) is 30.7 Å². The first-order valence-electron chi connectivity index (χ1n) is 6.54. The lowest BCUT2D eigenvalue weighted by atomic mass is 9.96. The Bertz CT molecular complexity index is 646. The van der Waals surface area contributed by atoms with E-state index < -0.39 is 11.7 Å². The predicted octanol–water partition coefficient (Wildman–Crippen LogP) is 0.859. The molecule has 0 aromatic carbocycles. The lowest BCUT2D eigenvalue weighted by molar-refractivity contribution is -0.198. The molecule has 0 spiro atoms. The molecule has 1 saturated heterocycles. The molecule has 0 amide bonds. The maximum atomic E-state index is 13.4. The number of alkyl halides is 3. The van der Waals surface area contributed by atoms with E-state index >= 15 is 0 Å². The van der Waals surface area contributed by atoms with Crippen molar-refractivity contribution in [3.05, 3.63) is 17.7 Å². The lowest BCUT2D eigenvalue weighted by Crippen LogP contribution is -2.50. The van der Waals surface area contributed by atoms with E-state index in [1.54, 1.807) is 0 Å². The predicted molar refractivity (Wildman–Crippen MR) is 64.9 cm³/mol. The molecular weight excluding hydrogens is 305 g/mol. The molecule has 0 saturated carbocycles. The summed E-state index contributed by atoms with van der Waals surface area (Å²) in [6.07, 6.45) is -4.21. The molecule has 3 rings (SSSR count). The Labute approximate surface area is 122 Å². The fraction of sp³-hybridized carbons (Fsp3) is 0.636. The molecule has 0 radical (unpaired) electrons. The van der Waals surface area contributed by atoms with Gasteiger partial charge >= 0.3 is 6.18 Å². The molecule has 1 aliphatic heterocycles. The smallest absolute Gasteiger partial charge is 0.414 e. The van der Waals surface area contributed by atoms with Gasteiger partial charge in [-0.2, -0.15) is 18.0 Å². The number of rotatable bonds is 4. The summed E-state index contributed by atoms with van der Waals surface area (Å²) in [7, 11) is 1.42. The molecule has 8 nitrogen and oxygen atoms in total. The highest BCUT2D eigenvalue weighted by Crippen LogP contribution is 2.43. The third-order valence-corrected chi connectivity index (χ3v) is 3.52. The van der Waals surface area contributed by atoms with Crippen molar-refractivity contribution in [2.45, 2.75) is 31.1 Å². The SMILES string of the molecule is COc1cc(Cn2nnc(C3(C(F)(F)F)CCCN3)n2)on1. The van der Waals surface area contributed by atoms with Crippen LogP contribution in [0.4, 0.5) is 13.2 Å². The second kappa shape index (κ2) is 5.23. The molecule has 0 bridgehead atoms. The highest BCUT2D eigenvalue weighted by atomic mass is 19.4. The Morgan fingerprint density at radius 3 is 2.91 bits per heavy atom. The van der Waals surface area contributed by atoms with Crippen molar-refractivity contribution in [3.8, 4) is 5.88 Å². The first-order chi connectivity index (χ1) is 10.4. The van der Waals surface area contributed by atoms with Crippen LogP contribution < -0.4 is 10.1 Å². The van der Waals surface area contributed by atoms with Crippen LogP contribution in [0.3, 0.4) is 0 Å². The van der Waals surface area contributed by atoms with Crippen molar-refractivity contribution >= 4 is 0 Å². The number of halogens is 3. The Morgan fingerprint density at radius 1 is 1.50 bits per heavy atom. The summed E-state index contributed by atoms with van der Waals surface area (Å²) in [5, 5.41) is 17.1. The molecule has 1 N–H and O–H groups in total. The van der Waals surface area contributed by atoms with Crippen molar-refractivity contribution < 1.29 is 22.4 Å². The van der Waals surface area contributed by atoms with Crippen LogP contribution >= 0.6 is 0 Å². The summed E-state index contributed by atoms with van der Waals surface area (Å²) in [5.41, 5.74) is -2.23. The number of nitrogens with zero attached hydrogens (tertiary/aromatic N) is 5. The third-order valence-electron chi connectivity index (χ3n) is 3.52. The van der Waals surface area contributed by atoms with Crippen molar-refractivity contribution in [2.24, 2.45) is 0 Å². The van der Waals surface area contributed by atoms with Gasteiger partial charge in [-0.3, -0.25) is 5.32 Å². The molecule has 1 fully saturated rings. The summed E-state index contributed by atoms with van der Waals surface area (Å²) >= 11 is 0. The molecule has 22 heavy (non-hydrogen) atoms. The molecule has 120 valence electrons. The topological polar surface area (TPSA) is 90.9 Å². The summed E-state index contributed by atoms with van der Waals surface area (Å²) < 4.78 is 49.9. The van der Waals surface area contributed by atoms with Gasteiger partial charge in [0.25, 0.3) is 5.88 Å². The normalized spacial score (nSPS) is 22.2. The molecule has 2 aromatic heterocycles. The standard InChI is InChI=1S/C11H13F3N6O2/c1-21-8-5-7(22-18-8)6-20-17-9(16-19-20)10(11(12,13)14)3-2-4-15-10/h5,15H,2-4,6H2,1H3. The van der Waals surface area contributed by atoms with Crippen LogP contribution in [-0.4, -0.2) is 45.2 Å². The highest BCUT2D eigenvalue weighted by Gasteiger charge is 2.60. The fourth-order valence-corrected chi connectivity index (χ4v) is 2.39. The molecule has 0 aliphatic carbocycles. The van der Waals surface area contributed by atoms with Crippen molar-refractivity contribution in [3.63, 3.8) is 0 Å². The molecule has 1 unspecified atom stereocenters. The number of tetrazole rings is 1. The van der Waals surface area contributed by atoms with Gasteiger partial charge in [-0.25, -0.2) is 0 Å². The monoisotopic (exact) mass is 318 g/mol. The Balaban J connectivity index is 1.83. The molecule has 2 aromatic rings. The maximum Gasteiger partial charge on any atom is 0.414 e. The van der Waals surface area contributed by atoms with E-state index in [0.717, 1.165) is 4.80 Å².